The molecule has 1 aromatic carbocycles. The summed E-state index contributed by atoms with van der Waals surface area (Å²) in [6.07, 6.45) is 3.01. The Balaban J connectivity index is 1.88. The van der Waals surface area contributed by atoms with Crippen LogP contribution >= 0.6 is 0 Å². The van der Waals surface area contributed by atoms with Gasteiger partial charge >= 0.3 is 6.61 Å². The van der Waals surface area contributed by atoms with Gasteiger partial charge in [-0.3, -0.25) is 0 Å². The molecular weight excluding hydrogens is 318 g/mol. The number of hydrogen-bond acceptors (Lipinski definition) is 4. The zero-order valence-corrected chi connectivity index (χ0v) is 12.5. The Kier molecular flexibility index (Phi) is 3.30. The van der Waals surface area contributed by atoms with Gasteiger partial charge in [0, 0.05) is 22.7 Å². The van der Waals surface area contributed by atoms with E-state index in [0.717, 1.165) is 22.2 Å². The van der Waals surface area contributed by atoms with Crippen molar-refractivity contribution in [1.82, 2.24) is 19.9 Å². The third kappa shape index (κ3) is 2.32. The Bertz CT molecular complexity index is 1030. The maximum Gasteiger partial charge on any atom is 0.388 e. The minimum absolute atomic E-state index is 0.157. The minimum atomic E-state index is -2.95. The van der Waals surface area contributed by atoms with Crippen LogP contribution < -0.4 is 9.47 Å². The zero-order chi connectivity index (χ0) is 16.7. The average molecular weight is 330 g/mol. The van der Waals surface area contributed by atoms with Crippen LogP contribution in [0.1, 0.15) is 0 Å². The van der Waals surface area contributed by atoms with E-state index >= 15 is 0 Å². The fourth-order valence-corrected chi connectivity index (χ4v) is 2.69. The van der Waals surface area contributed by atoms with Gasteiger partial charge < -0.3 is 19.4 Å². The maximum atomic E-state index is 12.5. The monoisotopic (exact) mass is 330 g/mol. The molecule has 0 saturated carbocycles. The van der Waals surface area contributed by atoms with Crippen molar-refractivity contribution < 1.29 is 18.3 Å². The molecule has 0 atom stereocenters. The normalized spacial score (nSPS) is 11.5. The Morgan fingerprint density at radius 1 is 1.12 bits per heavy atom. The topological polar surface area (TPSA) is 75.8 Å². The van der Waals surface area contributed by atoms with E-state index in [-0.39, 0.29) is 5.88 Å². The van der Waals surface area contributed by atoms with Gasteiger partial charge in [0.2, 0.25) is 5.88 Å². The van der Waals surface area contributed by atoms with E-state index in [0.29, 0.717) is 16.7 Å². The number of nitrogens with zero attached hydrogens (tertiary/aromatic N) is 2. The van der Waals surface area contributed by atoms with Gasteiger partial charge in [0.1, 0.15) is 17.7 Å². The van der Waals surface area contributed by atoms with Crippen molar-refractivity contribution in [3.8, 4) is 22.9 Å². The molecular formula is C16H12F2N4O2. The molecule has 6 nitrogen and oxygen atoms in total. The zero-order valence-electron chi connectivity index (χ0n) is 12.5. The van der Waals surface area contributed by atoms with Crippen LogP contribution in [0.3, 0.4) is 0 Å². The van der Waals surface area contributed by atoms with Crippen LogP contribution in [0.2, 0.25) is 0 Å². The van der Waals surface area contributed by atoms with Crippen molar-refractivity contribution in [3.05, 3.63) is 36.8 Å². The van der Waals surface area contributed by atoms with E-state index in [4.69, 9.17) is 4.74 Å². The summed E-state index contributed by atoms with van der Waals surface area (Å²) >= 11 is 0. The van der Waals surface area contributed by atoms with Gasteiger partial charge in [-0.05, 0) is 24.3 Å². The van der Waals surface area contributed by atoms with Gasteiger partial charge in [0.25, 0.3) is 0 Å². The Labute approximate surface area is 134 Å². The molecule has 4 rings (SSSR count). The van der Waals surface area contributed by atoms with Gasteiger partial charge in [-0.2, -0.15) is 8.78 Å². The molecule has 8 heteroatoms. The highest BCUT2D eigenvalue weighted by atomic mass is 19.3. The molecule has 0 radical (unpaired) electrons. The highest BCUT2D eigenvalue weighted by Gasteiger charge is 2.15. The molecule has 0 aliphatic carbocycles. The first kappa shape index (κ1) is 14.4. The second kappa shape index (κ2) is 5.48. The van der Waals surface area contributed by atoms with E-state index in [1.54, 1.807) is 13.2 Å². The Morgan fingerprint density at radius 3 is 2.79 bits per heavy atom. The molecule has 0 aliphatic heterocycles. The van der Waals surface area contributed by atoms with E-state index in [9.17, 15) is 8.78 Å². The lowest BCUT2D eigenvalue weighted by molar-refractivity contribution is -0.0517. The molecule has 3 aromatic heterocycles. The summed E-state index contributed by atoms with van der Waals surface area (Å²) in [6, 6.07) is 7.35. The number of halogens is 2. The average Bonchev–Trinajstić information content (AvgIpc) is 3.17. The van der Waals surface area contributed by atoms with Crippen LogP contribution in [0, 0.1) is 0 Å². The SMILES string of the molecule is COc1ccc2[nH]cc(-c3cc4c(OC(F)F)ncnc4[nH]3)c2c1. The van der Waals surface area contributed by atoms with Crippen molar-refractivity contribution in [2.24, 2.45) is 0 Å². The number of alkyl halides is 2. The van der Waals surface area contributed by atoms with Crippen LogP contribution in [0.25, 0.3) is 33.2 Å². The predicted octanol–water partition coefficient (Wildman–Crippen LogP) is 3.72. The molecule has 0 amide bonds. The Morgan fingerprint density at radius 2 is 2.00 bits per heavy atom. The van der Waals surface area contributed by atoms with Crippen LogP contribution in [0.4, 0.5) is 8.78 Å². The molecule has 24 heavy (non-hydrogen) atoms. The predicted molar refractivity (Wildman–Crippen MR) is 84.4 cm³/mol. The van der Waals surface area contributed by atoms with Crippen LogP contribution in [-0.4, -0.2) is 33.7 Å². The van der Waals surface area contributed by atoms with Gasteiger partial charge in [-0.1, -0.05) is 0 Å². The lowest BCUT2D eigenvalue weighted by Gasteiger charge is -2.02. The van der Waals surface area contributed by atoms with Gasteiger partial charge in [-0.25, -0.2) is 9.97 Å². The number of rotatable bonds is 4. The van der Waals surface area contributed by atoms with Crippen molar-refractivity contribution >= 4 is 21.9 Å². The van der Waals surface area contributed by atoms with Gasteiger partial charge in [-0.15, -0.1) is 0 Å². The standard InChI is InChI=1S/C16H12F2N4O2/c1-23-8-2-3-12-9(4-8)11(6-19-12)13-5-10-14(22-13)20-7-21-15(10)24-16(17)18/h2-7,16,19H,1H3,(H,20,21,22). The first-order chi connectivity index (χ1) is 11.7. The third-order valence-corrected chi connectivity index (χ3v) is 3.77. The first-order valence-electron chi connectivity index (χ1n) is 7.09. The smallest absolute Gasteiger partial charge is 0.388 e. The summed E-state index contributed by atoms with van der Waals surface area (Å²) in [5.74, 6) is 0.566. The fraction of sp³-hybridized carbons (Fsp3) is 0.125. The van der Waals surface area contributed by atoms with E-state index in [1.165, 1.54) is 6.33 Å². The lowest BCUT2D eigenvalue weighted by Crippen LogP contribution is -2.03. The summed E-state index contributed by atoms with van der Waals surface area (Å²) in [6.45, 7) is -2.95. The summed E-state index contributed by atoms with van der Waals surface area (Å²) in [5.41, 5.74) is 2.93. The second-order valence-corrected chi connectivity index (χ2v) is 5.12. The number of benzene rings is 1. The molecule has 122 valence electrons. The number of H-pyrrole nitrogens is 2. The summed E-state index contributed by atoms with van der Waals surface area (Å²) < 4.78 is 34.7. The number of hydrogen-bond donors (Lipinski definition) is 2. The van der Waals surface area contributed by atoms with Crippen molar-refractivity contribution in [3.63, 3.8) is 0 Å². The van der Waals surface area contributed by atoms with E-state index < -0.39 is 6.61 Å². The largest absolute Gasteiger partial charge is 0.497 e. The summed E-state index contributed by atoms with van der Waals surface area (Å²) in [5, 5.41) is 1.33. The first-order valence-corrected chi connectivity index (χ1v) is 7.09. The lowest BCUT2D eigenvalue weighted by atomic mass is 10.1. The summed E-state index contributed by atoms with van der Waals surface area (Å²) in [4.78, 5) is 14.1. The molecule has 2 N–H and O–H groups in total. The molecule has 3 heterocycles. The molecule has 0 unspecified atom stereocenters. The maximum absolute atomic E-state index is 12.5. The number of fused-ring (bicyclic) bond motifs is 2. The molecule has 0 fully saturated rings. The molecule has 4 aromatic rings. The Hall–Kier alpha value is -3.16. The number of ether oxygens (including phenoxy) is 2. The second-order valence-electron chi connectivity index (χ2n) is 5.12. The number of methoxy groups -OCH3 is 1. The minimum Gasteiger partial charge on any atom is -0.497 e. The molecule has 0 spiro atoms. The van der Waals surface area contributed by atoms with Crippen molar-refractivity contribution in [1.29, 1.82) is 0 Å². The third-order valence-electron chi connectivity index (χ3n) is 3.77. The highest BCUT2D eigenvalue weighted by Crippen LogP contribution is 2.34. The van der Waals surface area contributed by atoms with Crippen LogP contribution in [0.5, 0.6) is 11.6 Å². The molecule has 0 saturated heterocycles. The van der Waals surface area contributed by atoms with Gasteiger partial charge in [0.05, 0.1) is 18.2 Å². The summed E-state index contributed by atoms with van der Waals surface area (Å²) in [7, 11) is 1.60. The van der Waals surface area contributed by atoms with Crippen molar-refractivity contribution in [2.45, 2.75) is 6.61 Å². The van der Waals surface area contributed by atoms with E-state index in [1.807, 2.05) is 24.4 Å². The van der Waals surface area contributed by atoms with Crippen molar-refractivity contribution in [2.75, 3.05) is 7.11 Å². The number of aromatic nitrogens is 4. The fourth-order valence-electron chi connectivity index (χ4n) is 2.69. The van der Waals surface area contributed by atoms with Gasteiger partial charge in [0.15, 0.2) is 0 Å². The van der Waals surface area contributed by atoms with Crippen LogP contribution in [0.15, 0.2) is 36.8 Å². The molecule has 0 bridgehead atoms. The number of nitrogens with one attached hydrogen (secondary N) is 2. The number of aromatic amines is 2. The molecule has 0 aliphatic rings. The van der Waals surface area contributed by atoms with Crippen LogP contribution in [-0.2, 0) is 0 Å². The highest BCUT2D eigenvalue weighted by molar-refractivity contribution is 5.98. The van der Waals surface area contributed by atoms with E-state index in [2.05, 4.69) is 24.7 Å². The quantitative estimate of drug-likeness (QED) is 0.598.